The summed E-state index contributed by atoms with van der Waals surface area (Å²) in [5, 5.41) is 3.95. The number of piperidine rings is 1. The van der Waals surface area contributed by atoms with E-state index in [1.54, 1.807) is 12.4 Å². The smallest absolute Gasteiger partial charge is 0.254 e. The van der Waals surface area contributed by atoms with Crippen LogP contribution in [0.1, 0.15) is 36.0 Å². The molecule has 2 aromatic heterocycles. The number of likely N-dealkylation sites (tertiary alicyclic amines) is 1. The number of nitrogens with one attached hydrogen (secondary N) is 1. The fourth-order valence-electron chi connectivity index (χ4n) is 4.08. The standard InChI is InChI=1S/C24H24N4O2/c29-23(26-18-5-6-18)17-9-13-28(14-10-17)24(30)20-15-22(16-7-11-25-12-8-16)27-21-4-2-1-3-19(20)21/h1-4,7-8,11-12,15,17-18H,5-6,9-10,13-14H2,(H,26,29). The Labute approximate surface area is 175 Å². The number of benzene rings is 1. The van der Waals surface area contributed by atoms with E-state index in [0.29, 0.717) is 37.5 Å². The van der Waals surface area contributed by atoms with E-state index in [2.05, 4.69) is 10.3 Å². The van der Waals surface area contributed by atoms with Gasteiger partial charge in [-0.15, -0.1) is 0 Å². The Balaban J connectivity index is 1.40. The summed E-state index contributed by atoms with van der Waals surface area (Å²) in [7, 11) is 0. The molecule has 5 rings (SSSR count). The molecule has 0 spiro atoms. The summed E-state index contributed by atoms with van der Waals surface area (Å²) < 4.78 is 0. The van der Waals surface area contributed by atoms with Crippen LogP contribution in [0.2, 0.25) is 0 Å². The van der Waals surface area contributed by atoms with Crippen molar-refractivity contribution < 1.29 is 9.59 Å². The molecule has 6 heteroatoms. The fourth-order valence-corrected chi connectivity index (χ4v) is 4.08. The number of fused-ring (bicyclic) bond motifs is 1. The van der Waals surface area contributed by atoms with Crippen LogP contribution >= 0.6 is 0 Å². The van der Waals surface area contributed by atoms with Gasteiger partial charge in [-0.1, -0.05) is 18.2 Å². The van der Waals surface area contributed by atoms with Crippen LogP contribution in [0.25, 0.3) is 22.2 Å². The lowest BCUT2D eigenvalue weighted by atomic mass is 9.95. The zero-order valence-electron chi connectivity index (χ0n) is 16.8. The van der Waals surface area contributed by atoms with Gasteiger partial charge >= 0.3 is 0 Å². The maximum Gasteiger partial charge on any atom is 0.254 e. The summed E-state index contributed by atoms with van der Waals surface area (Å²) in [6, 6.07) is 13.8. The Bertz CT molecular complexity index is 1090. The third kappa shape index (κ3) is 3.77. The molecule has 2 fully saturated rings. The van der Waals surface area contributed by atoms with Gasteiger partial charge < -0.3 is 10.2 Å². The van der Waals surface area contributed by atoms with Crippen molar-refractivity contribution in [3.63, 3.8) is 0 Å². The van der Waals surface area contributed by atoms with Crippen molar-refractivity contribution in [1.29, 1.82) is 0 Å². The summed E-state index contributed by atoms with van der Waals surface area (Å²) >= 11 is 0. The topological polar surface area (TPSA) is 75.2 Å². The first-order valence-corrected chi connectivity index (χ1v) is 10.6. The van der Waals surface area contributed by atoms with Crippen LogP contribution in [0, 0.1) is 5.92 Å². The summed E-state index contributed by atoms with van der Waals surface area (Å²) in [4.78, 5) is 36.5. The Kier molecular flexibility index (Phi) is 4.91. The Morgan fingerprint density at radius 1 is 0.967 bits per heavy atom. The minimum absolute atomic E-state index is 0.00459. The van der Waals surface area contributed by atoms with Gasteiger partial charge in [0.2, 0.25) is 5.91 Å². The average Bonchev–Trinajstić information content (AvgIpc) is 3.62. The molecular formula is C24H24N4O2. The maximum atomic E-state index is 13.4. The molecule has 0 radical (unpaired) electrons. The lowest BCUT2D eigenvalue weighted by Gasteiger charge is -2.31. The molecule has 30 heavy (non-hydrogen) atoms. The van der Waals surface area contributed by atoms with E-state index in [-0.39, 0.29) is 17.7 Å². The van der Waals surface area contributed by atoms with Gasteiger partial charge in [0.05, 0.1) is 16.8 Å². The van der Waals surface area contributed by atoms with E-state index in [1.807, 2.05) is 47.4 Å². The zero-order valence-corrected chi connectivity index (χ0v) is 16.8. The quantitative estimate of drug-likeness (QED) is 0.728. The molecule has 6 nitrogen and oxygen atoms in total. The van der Waals surface area contributed by atoms with Crippen LogP contribution < -0.4 is 5.32 Å². The molecule has 1 N–H and O–H groups in total. The highest BCUT2D eigenvalue weighted by Crippen LogP contribution is 2.28. The van der Waals surface area contributed by atoms with E-state index in [0.717, 1.165) is 35.0 Å². The van der Waals surface area contributed by atoms with Gasteiger partial charge in [0.15, 0.2) is 0 Å². The van der Waals surface area contributed by atoms with Gasteiger partial charge in [-0.05, 0) is 49.9 Å². The van der Waals surface area contributed by atoms with Gasteiger partial charge in [0.1, 0.15) is 0 Å². The number of hydrogen-bond acceptors (Lipinski definition) is 4. The first-order chi connectivity index (χ1) is 14.7. The maximum absolute atomic E-state index is 13.4. The normalized spacial score (nSPS) is 17.1. The largest absolute Gasteiger partial charge is 0.353 e. The molecule has 152 valence electrons. The van der Waals surface area contributed by atoms with E-state index in [1.165, 1.54) is 0 Å². The SMILES string of the molecule is O=C(NC1CC1)C1CCN(C(=O)c2cc(-c3ccncc3)nc3ccccc23)CC1. The molecular weight excluding hydrogens is 376 g/mol. The predicted octanol–water partition coefficient (Wildman–Crippen LogP) is 3.43. The van der Waals surface area contributed by atoms with Crippen LogP contribution in [0.5, 0.6) is 0 Å². The Morgan fingerprint density at radius 3 is 2.43 bits per heavy atom. The third-order valence-electron chi connectivity index (χ3n) is 6.00. The highest BCUT2D eigenvalue weighted by atomic mass is 16.2. The van der Waals surface area contributed by atoms with Crippen molar-refractivity contribution in [3.05, 3.63) is 60.4 Å². The van der Waals surface area contributed by atoms with Crippen molar-refractivity contribution in [3.8, 4) is 11.3 Å². The number of carbonyl (C=O) groups excluding carboxylic acids is 2. The predicted molar refractivity (Wildman–Crippen MR) is 115 cm³/mol. The number of rotatable bonds is 4. The van der Waals surface area contributed by atoms with E-state index in [9.17, 15) is 9.59 Å². The lowest BCUT2D eigenvalue weighted by Crippen LogP contribution is -2.43. The molecule has 1 aliphatic heterocycles. The molecule has 1 aliphatic carbocycles. The van der Waals surface area contributed by atoms with Crippen LogP contribution in [-0.2, 0) is 4.79 Å². The molecule has 1 aromatic carbocycles. The van der Waals surface area contributed by atoms with Gasteiger partial charge in [0.25, 0.3) is 5.91 Å². The molecule has 3 aromatic rings. The Hall–Kier alpha value is -3.28. The Morgan fingerprint density at radius 2 is 1.70 bits per heavy atom. The number of para-hydroxylation sites is 1. The number of hydrogen-bond donors (Lipinski definition) is 1. The molecule has 0 atom stereocenters. The number of nitrogens with zero attached hydrogens (tertiary/aromatic N) is 3. The van der Waals surface area contributed by atoms with Gasteiger partial charge in [-0.25, -0.2) is 4.98 Å². The number of carbonyl (C=O) groups is 2. The lowest BCUT2D eigenvalue weighted by molar-refractivity contribution is -0.126. The highest BCUT2D eigenvalue weighted by Gasteiger charge is 2.31. The minimum atomic E-state index is 0.00459. The number of pyridine rings is 2. The second kappa shape index (κ2) is 7.86. The van der Waals surface area contributed by atoms with E-state index in [4.69, 9.17) is 4.98 Å². The van der Waals surface area contributed by atoms with E-state index >= 15 is 0 Å². The van der Waals surface area contributed by atoms with E-state index < -0.39 is 0 Å². The van der Waals surface area contributed by atoms with Crippen molar-refractivity contribution >= 4 is 22.7 Å². The second-order valence-electron chi connectivity index (χ2n) is 8.16. The molecule has 0 unspecified atom stereocenters. The molecule has 0 bridgehead atoms. The molecule has 3 heterocycles. The monoisotopic (exact) mass is 400 g/mol. The fraction of sp³-hybridized carbons (Fsp3) is 0.333. The van der Waals surface area contributed by atoms with Crippen molar-refractivity contribution in [2.45, 2.75) is 31.7 Å². The van der Waals surface area contributed by atoms with Gasteiger partial charge in [0, 0.05) is 48.4 Å². The summed E-state index contributed by atoms with van der Waals surface area (Å²) in [5.41, 5.74) is 3.15. The molecule has 2 aliphatic rings. The first kappa shape index (κ1) is 18.7. The van der Waals surface area contributed by atoms with Crippen LogP contribution in [0.4, 0.5) is 0 Å². The zero-order chi connectivity index (χ0) is 20.5. The van der Waals surface area contributed by atoms with Crippen molar-refractivity contribution in [2.75, 3.05) is 13.1 Å². The number of amides is 2. The van der Waals surface area contributed by atoms with Gasteiger partial charge in [-0.2, -0.15) is 0 Å². The molecule has 2 amide bonds. The van der Waals surface area contributed by atoms with Crippen LogP contribution in [0.15, 0.2) is 54.9 Å². The molecule has 1 saturated heterocycles. The van der Waals surface area contributed by atoms with Crippen LogP contribution in [-0.4, -0.2) is 45.8 Å². The summed E-state index contributed by atoms with van der Waals surface area (Å²) in [6.45, 7) is 1.20. The highest BCUT2D eigenvalue weighted by molar-refractivity contribution is 6.07. The summed E-state index contributed by atoms with van der Waals surface area (Å²) in [6.07, 6.45) is 7.07. The third-order valence-corrected chi connectivity index (χ3v) is 6.00. The minimum Gasteiger partial charge on any atom is -0.353 e. The average molecular weight is 400 g/mol. The summed E-state index contributed by atoms with van der Waals surface area (Å²) in [5.74, 6) is 0.167. The first-order valence-electron chi connectivity index (χ1n) is 10.6. The number of aromatic nitrogens is 2. The molecule has 1 saturated carbocycles. The van der Waals surface area contributed by atoms with Crippen molar-refractivity contribution in [1.82, 2.24) is 20.2 Å². The van der Waals surface area contributed by atoms with Crippen LogP contribution in [0.3, 0.4) is 0 Å². The van der Waals surface area contributed by atoms with Crippen molar-refractivity contribution in [2.24, 2.45) is 5.92 Å². The van der Waals surface area contributed by atoms with Gasteiger partial charge in [-0.3, -0.25) is 14.6 Å². The second-order valence-corrected chi connectivity index (χ2v) is 8.16.